The summed E-state index contributed by atoms with van der Waals surface area (Å²) < 4.78 is 17.8. The van der Waals surface area contributed by atoms with Crippen molar-refractivity contribution in [2.45, 2.75) is 109 Å². The van der Waals surface area contributed by atoms with Crippen molar-refractivity contribution in [3.05, 3.63) is 0 Å². The van der Waals surface area contributed by atoms with Crippen LogP contribution in [-0.2, 0) is 14.2 Å². The zero-order chi connectivity index (χ0) is 16.9. The summed E-state index contributed by atoms with van der Waals surface area (Å²) in [6, 6.07) is 0. The van der Waals surface area contributed by atoms with E-state index in [1.54, 1.807) is 0 Å². The van der Waals surface area contributed by atoms with E-state index in [0.717, 1.165) is 13.0 Å². The fraction of sp³-hybridized carbons (Fsp3) is 1.00. The van der Waals surface area contributed by atoms with Crippen LogP contribution in [0.15, 0.2) is 0 Å². The molecule has 3 rings (SSSR count). The summed E-state index contributed by atoms with van der Waals surface area (Å²) >= 11 is 0. The molecule has 0 aromatic heterocycles. The Kier molecular flexibility index (Phi) is 4.61. The first-order valence-corrected chi connectivity index (χ1v) is 9.62. The minimum atomic E-state index is -0.0193. The topological polar surface area (TPSA) is 34.3 Å². The Hall–Kier alpha value is -0.120. The molecule has 0 N–H and O–H groups in total. The lowest BCUT2D eigenvalue weighted by molar-refractivity contribution is -0.0730. The zero-order valence-electron chi connectivity index (χ0n) is 16.0. The molecule has 0 aromatic carbocycles. The summed E-state index contributed by atoms with van der Waals surface area (Å²) in [5.74, 6) is 1.35. The molecule has 2 saturated heterocycles. The van der Waals surface area contributed by atoms with E-state index >= 15 is 0 Å². The van der Waals surface area contributed by atoms with Crippen LogP contribution in [0.1, 0.15) is 80.1 Å². The molecule has 1 saturated carbocycles. The Labute approximate surface area is 142 Å². The number of hydrogen-bond donors (Lipinski definition) is 0. The van der Waals surface area contributed by atoms with Crippen LogP contribution >= 0.6 is 0 Å². The standard InChI is InChI=1S/C20H36O3/c1-14(7-8-16-19(4,5)22-16)10-12-21-18(2,3)15-9-11-20(6)17(13-15)23-20/h14-17H,7-13H2,1-6H3. The summed E-state index contributed by atoms with van der Waals surface area (Å²) in [5.41, 5.74) is 0.326. The van der Waals surface area contributed by atoms with E-state index in [0.29, 0.717) is 24.0 Å². The van der Waals surface area contributed by atoms with E-state index in [9.17, 15) is 0 Å². The second kappa shape index (κ2) is 6.00. The Morgan fingerprint density at radius 1 is 1.17 bits per heavy atom. The molecule has 3 nitrogen and oxygen atoms in total. The molecule has 3 heteroatoms. The molecule has 5 unspecified atom stereocenters. The predicted molar refractivity (Wildman–Crippen MR) is 92.6 cm³/mol. The van der Waals surface area contributed by atoms with Crippen LogP contribution in [0, 0.1) is 11.8 Å². The van der Waals surface area contributed by atoms with Crippen molar-refractivity contribution in [2.24, 2.45) is 11.8 Å². The van der Waals surface area contributed by atoms with Crippen LogP contribution in [-0.4, -0.2) is 35.6 Å². The lowest BCUT2D eigenvalue weighted by atomic mass is 9.75. The van der Waals surface area contributed by atoms with E-state index in [1.165, 1.54) is 32.1 Å². The molecule has 134 valence electrons. The van der Waals surface area contributed by atoms with E-state index in [1.807, 2.05) is 0 Å². The average Bonchev–Trinajstić information content (AvgIpc) is 3.29. The van der Waals surface area contributed by atoms with Crippen molar-refractivity contribution in [3.63, 3.8) is 0 Å². The molecule has 0 bridgehead atoms. The lowest BCUT2D eigenvalue weighted by Crippen LogP contribution is -2.39. The Morgan fingerprint density at radius 3 is 2.48 bits per heavy atom. The van der Waals surface area contributed by atoms with Gasteiger partial charge in [-0.05, 0) is 85.0 Å². The zero-order valence-corrected chi connectivity index (χ0v) is 16.0. The normalized spacial score (nSPS) is 39.7. The molecule has 0 aromatic rings. The number of rotatable bonds is 8. The van der Waals surface area contributed by atoms with Crippen LogP contribution in [0.3, 0.4) is 0 Å². The quantitative estimate of drug-likeness (QED) is 0.606. The SMILES string of the molecule is CC(CCOC(C)(C)C1CCC2(C)OC2C1)CCC1OC1(C)C. The number of hydrogen-bond acceptors (Lipinski definition) is 3. The van der Waals surface area contributed by atoms with Crippen LogP contribution < -0.4 is 0 Å². The highest BCUT2D eigenvalue weighted by atomic mass is 16.6. The Bertz CT molecular complexity index is 431. The van der Waals surface area contributed by atoms with Gasteiger partial charge in [0.1, 0.15) is 0 Å². The van der Waals surface area contributed by atoms with Gasteiger partial charge in [-0.3, -0.25) is 0 Å². The summed E-state index contributed by atoms with van der Waals surface area (Å²) in [5, 5.41) is 0. The molecule has 1 aliphatic carbocycles. The molecule has 3 fully saturated rings. The third-order valence-electron chi connectivity index (χ3n) is 6.68. The first-order chi connectivity index (χ1) is 10.6. The van der Waals surface area contributed by atoms with Gasteiger partial charge in [0.15, 0.2) is 0 Å². The van der Waals surface area contributed by atoms with Gasteiger partial charge in [0.2, 0.25) is 0 Å². The minimum Gasteiger partial charge on any atom is -0.375 e. The largest absolute Gasteiger partial charge is 0.375 e. The molecule has 23 heavy (non-hydrogen) atoms. The summed E-state index contributed by atoms with van der Waals surface area (Å²) in [6.07, 6.45) is 8.18. The van der Waals surface area contributed by atoms with Crippen LogP contribution in [0.5, 0.6) is 0 Å². The Morgan fingerprint density at radius 2 is 1.87 bits per heavy atom. The van der Waals surface area contributed by atoms with Gasteiger partial charge >= 0.3 is 0 Å². The molecule has 0 amide bonds. The molecule has 5 atom stereocenters. The van der Waals surface area contributed by atoms with Crippen molar-refractivity contribution < 1.29 is 14.2 Å². The number of fused-ring (bicyclic) bond motifs is 1. The maximum Gasteiger partial charge on any atom is 0.0920 e. The second-order valence-electron chi connectivity index (χ2n) is 9.52. The highest BCUT2D eigenvalue weighted by molar-refractivity contribution is 5.05. The van der Waals surface area contributed by atoms with E-state index < -0.39 is 0 Å². The summed E-state index contributed by atoms with van der Waals surface area (Å²) in [7, 11) is 0. The summed E-state index contributed by atoms with van der Waals surface area (Å²) in [4.78, 5) is 0. The van der Waals surface area contributed by atoms with Gasteiger partial charge in [-0.2, -0.15) is 0 Å². The van der Waals surface area contributed by atoms with Crippen molar-refractivity contribution >= 4 is 0 Å². The fourth-order valence-electron chi connectivity index (χ4n) is 4.24. The molecule has 2 heterocycles. The maximum atomic E-state index is 6.32. The minimum absolute atomic E-state index is 0.0193. The van der Waals surface area contributed by atoms with Gasteiger partial charge in [0.05, 0.1) is 29.0 Å². The average molecular weight is 325 g/mol. The molecular formula is C20H36O3. The predicted octanol–water partition coefficient (Wildman–Crippen LogP) is 4.72. The molecular weight excluding hydrogens is 288 g/mol. The number of epoxide rings is 2. The highest BCUT2D eigenvalue weighted by Gasteiger charge is 2.57. The lowest BCUT2D eigenvalue weighted by Gasteiger charge is -2.37. The van der Waals surface area contributed by atoms with Gasteiger partial charge in [0.25, 0.3) is 0 Å². The summed E-state index contributed by atoms with van der Waals surface area (Å²) in [6.45, 7) is 14.4. The van der Waals surface area contributed by atoms with Crippen LogP contribution in [0.4, 0.5) is 0 Å². The van der Waals surface area contributed by atoms with Gasteiger partial charge in [-0.25, -0.2) is 0 Å². The van der Waals surface area contributed by atoms with Gasteiger partial charge in [-0.1, -0.05) is 6.92 Å². The van der Waals surface area contributed by atoms with Crippen molar-refractivity contribution in [1.29, 1.82) is 0 Å². The third kappa shape index (κ3) is 4.11. The maximum absolute atomic E-state index is 6.32. The van der Waals surface area contributed by atoms with Crippen molar-refractivity contribution in [3.8, 4) is 0 Å². The van der Waals surface area contributed by atoms with E-state index in [-0.39, 0.29) is 16.8 Å². The van der Waals surface area contributed by atoms with E-state index in [4.69, 9.17) is 14.2 Å². The van der Waals surface area contributed by atoms with Gasteiger partial charge in [-0.15, -0.1) is 0 Å². The van der Waals surface area contributed by atoms with Crippen LogP contribution in [0.2, 0.25) is 0 Å². The van der Waals surface area contributed by atoms with Crippen molar-refractivity contribution in [2.75, 3.05) is 6.61 Å². The smallest absolute Gasteiger partial charge is 0.0920 e. The highest BCUT2D eigenvalue weighted by Crippen LogP contribution is 2.51. The van der Waals surface area contributed by atoms with E-state index in [2.05, 4.69) is 41.5 Å². The molecule has 0 spiro atoms. The Balaban J connectivity index is 1.33. The van der Waals surface area contributed by atoms with Gasteiger partial charge in [0, 0.05) is 6.61 Å². The third-order valence-corrected chi connectivity index (χ3v) is 6.68. The van der Waals surface area contributed by atoms with Crippen molar-refractivity contribution in [1.82, 2.24) is 0 Å². The monoisotopic (exact) mass is 324 g/mol. The number of ether oxygens (including phenoxy) is 3. The molecule has 0 radical (unpaired) electrons. The molecule has 3 aliphatic rings. The first kappa shape index (κ1) is 17.7. The van der Waals surface area contributed by atoms with Gasteiger partial charge < -0.3 is 14.2 Å². The van der Waals surface area contributed by atoms with Crippen LogP contribution in [0.25, 0.3) is 0 Å². The molecule has 2 aliphatic heterocycles. The fourth-order valence-corrected chi connectivity index (χ4v) is 4.24. The first-order valence-electron chi connectivity index (χ1n) is 9.62. The second-order valence-corrected chi connectivity index (χ2v) is 9.52.